The zero-order chi connectivity index (χ0) is 20.6. The molecule has 0 N–H and O–H groups in total. The van der Waals surface area contributed by atoms with Gasteiger partial charge in [-0.15, -0.1) is 0 Å². The summed E-state index contributed by atoms with van der Waals surface area (Å²) in [6, 6.07) is 7.19. The average Bonchev–Trinajstić information content (AvgIpc) is 3.30. The molecule has 0 saturated carbocycles. The van der Waals surface area contributed by atoms with E-state index in [4.69, 9.17) is 14.2 Å². The number of methoxy groups -OCH3 is 1. The second kappa shape index (κ2) is 5.97. The summed E-state index contributed by atoms with van der Waals surface area (Å²) in [4.78, 5) is 28.1. The Kier molecular flexibility index (Phi) is 3.89. The first-order valence-electron chi connectivity index (χ1n) is 9.12. The minimum absolute atomic E-state index is 0.104. The first kappa shape index (κ1) is 18.9. The molecule has 0 aromatic heterocycles. The fourth-order valence-corrected chi connectivity index (χ4v) is 8.31. The topological polar surface area (TPSA) is 92.1 Å². The van der Waals surface area contributed by atoms with Gasteiger partial charge in [0, 0.05) is 20.6 Å². The molecule has 2 unspecified atom stereocenters. The maximum absolute atomic E-state index is 13.7. The van der Waals surface area contributed by atoms with Crippen molar-refractivity contribution in [2.24, 2.45) is 5.41 Å². The van der Waals surface area contributed by atoms with E-state index in [0.717, 1.165) is 5.56 Å². The number of carbonyl (C=O) groups excluding carboxylic acids is 2. The van der Waals surface area contributed by atoms with Gasteiger partial charge in [-0.05, 0) is 24.6 Å². The highest BCUT2D eigenvalue weighted by Crippen LogP contribution is 2.69. The van der Waals surface area contributed by atoms with E-state index >= 15 is 0 Å². The van der Waals surface area contributed by atoms with Crippen molar-refractivity contribution in [1.29, 1.82) is 5.26 Å². The Morgan fingerprint density at radius 1 is 1.28 bits per heavy atom. The Bertz CT molecular complexity index is 983. The minimum Gasteiger partial charge on any atom is -0.454 e. The van der Waals surface area contributed by atoms with E-state index in [1.807, 2.05) is 6.07 Å². The molecule has 8 nitrogen and oxygen atoms in total. The molecule has 0 aliphatic carbocycles. The molecule has 1 spiro atoms. The number of amides is 2. The number of piperazine rings is 1. The molecule has 152 valence electrons. The molecule has 6 rings (SSSR count). The van der Waals surface area contributed by atoms with Crippen LogP contribution in [0.5, 0.6) is 11.5 Å². The molecular formula is C19H19N3O5S2. The van der Waals surface area contributed by atoms with Crippen LogP contribution in [0.4, 0.5) is 0 Å². The zero-order valence-corrected chi connectivity index (χ0v) is 17.8. The van der Waals surface area contributed by atoms with Crippen LogP contribution < -0.4 is 9.47 Å². The van der Waals surface area contributed by atoms with E-state index in [2.05, 4.69) is 6.07 Å². The Balaban J connectivity index is 1.72. The zero-order valence-electron chi connectivity index (χ0n) is 16.1. The van der Waals surface area contributed by atoms with Gasteiger partial charge in [-0.25, -0.2) is 0 Å². The van der Waals surface area contributed by atoms with Gasteiger partial charge >= 0.3 is 0 Å². The van der Waals surface area contributed by atoms with Crippen LogP contribution in [0.1, 0.15) is 24.9 Å². The number of nitriles is 1. The Hall–Kier alpha value is -2.09. The molecule has 5 heterocycles. The van der Waals surface area contributed by atoms with Gasteiger partial charge in [0.1, 0.15) is 5.41 Å². The molecule has 29 heavy (non-hydrogen) atoms. The van der Waals surface area contributed by atoms with E-state index < -0.39 is 21.2 Å². The number of hydrogen-bond acceptors (Lipinski definition) is 8. The normalized spacial score (nSPS) is 37.1. The van der Waals surface area contributed by atoms with Crippen LogP contribution in [0.3, 0.4) is 0 Å². The minimum atomic E-state index is -1.14. The number of ether oxygens (including phenoxy) is 3. The highest BCUT2D eigenvalue weighted by Gasteiger charge is 2.75. The molecule has 10 heteroatoms. The lowest BCUT2D eigenvalue weighted by atomic mass is 9.78. The van der Waals surface area contributed by atoms with Crippen LogP contribution >= 0.6 is 21.6 Å². The highest BCUT2D eigenvalue weighted by atomic mass is 33.1. The number of benzene rings is 1. The fraction of sp³-hybridized carbons (Fsp3) is 0.526. The second-order valence-electron chi connectivity index (χ2n) is 7.87. The fourth-order valence-electron chi connectivity index (χ4n) is 4.77. The lowest BCUT2D eigenvalue weighted by molar-refractivity contribution is -0.164. The highest BCUT2D eigenvalue weighted by molar-refractivity contribution is 8.78. The standard InChI is InChI=1S/C19H19N3O5S2/c1-17-15(23)22-14(11-4-5-12-13(6-11)27-10-26-12)18(8-20,9-25-3)7-19(22,29-28-17)16(24)21(17)2/h4-6,14H,7,9-10H2,1-3H3/t14-,17?,18+,19?/m0/s1. The lowest BCUT2D eigenvalue weighted by Crippen LogP contribution is -2.73. The predicted octanol–water partition coefficient (Wildman–Crippen LogP) is 2.12. The third-order valence-corrected chi connectivity index (χ3v) is 10.00. The summed E-state index contributed by atoms with van der Waals surface area (Å²) in [7, 11) is 5.95. The van der Waals surface area contributed by atoms with E-state index in [1.54, 1.807) is 31.0 Å². The first-order chi connectivity index (χ1) is 13.8. The monoisotopic (exact) mass is 433 g/mol. The maximum Gasteiger partial charge on any atom is 0.261 e. The number of nitrogens with zero attached hydrogens (tertiary/aromatic N) is 3. The third kappa shape index (κ3) is 2.15. The van der Waals surface area contributed by atoms with E-state index in [1.165, 1.54) is 33.6 Å². The number of likely N-dealkylation sites (N-methyl/N-ethyl adjacent to an activating group) is 1. The summed E-state index contributed by atoms with van der Waals surface area (Å²) in [5, 5.41) is 10.3. The van der Waals surface area contributed by atoms with Gasteiger partial charge in [0.15, 0.2) is 21.2 Å². The van der Waals surface area contributed by atoms with Crippen molar-refractivity contribution in [2.45, 2.75) is 29.1 Å². The second-order valence-corrected chi connectivity index (χ2v) is 10.7. The Morgan fingerprint density at radius 3 is 2.76 bits per heavy atom. The molecular weight excluding hydrogens is 414 g/mol. The smallest absolute Gasteiger partial charge is 0.261 e. The van der Waals surface area contributed by atoms with Crippen LogP contribution in [0.15, 0.2) is 18.2 Å². The average molecular weight is 434 g/mol. The van der Waals surface area contributed by atoms with Gasteiger partial charge in [0.2, 0.25) is 6.79 Å². The number of fused-ring (bicyclic) bond motifs is 3. The van der Waals surface area contributed by atoms with E-state index in [0.29, 0.717) is 11.5 Å². The molecule has 4 saturated heterocycles. The van der Waals surface area contributed by atoms with Crippen molar-refractivity contribution in [3.63, 3.8) is 0 Å². The molecule has 5 aliphatic heterocycles. The van der Waals surface area contributed by atoms with Crippen LogP contribution in [0.2, 0.25) is 0 Å². The van der Waals surface area contributed by atoms with Crippen LogP contribution in [-0.2, 0) is 14.3 Å². The SMILES string of the molecule is COC[C@]1(C#N)CC23SSC(C)(C(=O)N2[C@H]1c1ccc2c(c1)OCO2)N(C)C3=O. The summed E-state index contributed by atoms with van der Waals surface area (Å²) >= 11 is 0. The summed E-state index contributed by atoms with van der Waals surface area (Å²) in [5.74, 6) is 0.871. The Labute approximate surface area is 175 Å². The quantitative estimate of drug-likeness (QED) is 0.670. The van der Waals surface area contributed by atoms with Crippen molar-refractivity contribution < 1.29 is 23.8 Å². The Morgan fingerprint density at radius 2 is 2.03 bits per heavy atom. The maximum atomic E-state index is 13.7. The summed E-state index contributed by atoms with van der Waals surface area (Å²) in [6.07, 6.45) is 0.201. The van der Waals surface area contributed by atoms with Gasteiger partial charge in [0.05, 0.1) is 18.7 Å². The molecule has 2 amide bonds. The van der Waals surface area contributed by atoms with Gasteiger partial charge in [-0.2, -0.15) is 5.26 Å². The van der Waals surface area contributed by atoms with Crippen molar-refractivity contribution in [2.75, 3.05) is 27.6 Å². The number of hydrogen-bond donors (Lipinski definition) is 0. The predicted molar refractivity (Wildman–Crippen MR) is 106 cm³/mol. The van der Waals surface area contributed by atoms with Crippen molar-refractivity contribution in [3.05, 3.63) is 23.8 Å². The van der Waals surface area contributed by atoms with Gasteiger partial charge < -0.3 is 24.0 Å². The largest absolute Gasteiger partial charge is 0.454 e. The molecule has 0 radical (unpaired) electrons. The number of rotatable bonds is 3. The lowest BCUT2D eigenvalue weighted by Gasteiger charge is -2.57. The summed E-state index contributed by atoms with van der Waals surface area (Å²) in [5.41, 5.74) is -0.340. The summed E-state index contributed by atoms with van der Waals surface area (Å²) < 4.78 is 16.4. The molecule has 2 bridgehead atoms. The summed E-state index contributed by atoms with van der Waals surface area (Å²) in [6.45, 7) is 1.99. The number of carbonyl (C=O) groups is 2. The van der Waals surface area contributed by atoms with Crippen LogP contribution in [0, 0.1) is 16.7 Å². The van der Waals surface area contributed by atoms with Crippen molar-refractivity contribution in [3.8, 4) is 17.6 Å². The van der Waals surface area contributed by atoms with Crippen molar-refractivity contribution in [1.82, 2.24) is 9.80 Å². The van der Waals surface area contributed by atoms with Crippen molar-refractivity contribution >= 4 is 33.4 Å². The van der Waals surface area contributed by atoms with Gasteiger partial charge in [-0.1, -0.05) is 27.7 Å². The molecule has 1 aromatic carbocycles. The molecule has 5 aliphatic rings. The first-order valence-corrected chi connectivity index (χ1v) is 11.3. The van der Waals surface area contributed by atoms with E-state index in [-0.39, 0.29) is 31.6 Å². The molecule has 1 aromatic rings. The van der Waals surface area contributed by atoms with Crippen LogP contribution in [0.25, 0.3) is 0 Å². The van der Waals surface area contributed by atoms with Crippen LogP contribution in [-0.4, -0.2) is 58.9 Å². The van der Waals surface area contributed by atoms with Gasteiger partial charge in [0.25, 0.3) is 11.8 Å². The van der Waals surface area contributed by atoms with E-state index in [9.17, 15) is 14.9 Å². The molecule has 4 atom stereocenters. The third-order valence-electron chi connectivity index (χ3n) is 6.30. The molecule has 4 fully saturated rings. The van der Waals surface area contributed by atoms with Gasteiger partial charge in [-0.3, -0.25) is 9.59 Å².